The molecule has 1 fully saturated rings. The lowest BCUT2D eigenvalue weighted by atomic mass is 10.0. The predicted molar refractivity (Wildman–Crippen MR) is 150 cm³/mol. The first kappa shape index (κ1) is 25.6. The highest BCUT2D eigenvalue weighted by Gasteiger charge is 2.26. The van der Waals surface area contributed by atoms with Crippen molar-refractivity contribution < 1.29 is 9.53 Å². The van der Waals surface area contributed by atoms with E-state index in [1.807, 2.05) is 78.1 Å². The van der Waals surface area contributed by atoms with E-state index in [1.165, 1.54) is 0 Å². The van der Waals surface area contributed by atoms with Crippen LogP contribution in [-0.2, 0) is 4.74 Å². The van der Waals surface area contributed by atoms with E-state index in [0.29, 0.717) is 34.1 Å². The fraction of sp³-hybridized carbons (Fsp3) is 0.355. The Kier molecular flexibility index (Phi) is 6.55. The summed E-state index contributed by atoms with van der Waals surface area (Å²) in [5, 5.41) is 3.47. The minimum Gasteiger partial charge on any atom is -0.456 e. The van der Waals surface area contributed by atoms with Crippen molar-refractivity contribution in [1.29, 1.82) is 0 Å². The van der Waals surface area contributed by atoms with Crippen molar-refractivity contribution in [3.63, 3.8) is 0 Å². The predicted octanol–water partition coefficient (Wildman–Crippen LogP) is 6.38. The average molecular weight is 511 g/mol. The van der Waals surface area contributed by atoms with Gasteiger partial charge in [0.05, 0.1) is 17.3 Å². The maximum absolute atomic E-state index is 13.5. The third kappa shape index (κ3) is 5.19. The van der Waals surface area contributed by atoms with E-state index >= 15 is 0 Å². The van der Waals surface area contributed by atoms with Crippen molar-refractivity contribution in [1.82, 2.24) is 14.4 Å². The number of nitrogens with one attached hydrogen (secondary N) is 1. The second-order valence-electron chi connectivity index (χ2n) is 11.2. The van der Waals surface area contributed by atoms with Crippen molar-refractivity contribution in [2.75, 3.05) is 5.32 Å². The molecule has 0 bridgehead atoms. The quantitative estimate of drug-likeness (QED) is 0.303. The number of hydrogen-bond donors (Lipinski definition) is 1. The molecule has 7 nitrogen and oxygen atoms in total. The Bertz CT molecular complexity index is 1600. The maximum atomic E-state index is 13.5. The van der Waals surface area contributed by atoms with Gasteiger partial charge in [-0.3, -0.25) is 14.2 Å². The van der Waals surface area contributed by atoms with Crippen LogP contribution >= 0.6 is 0 Å². The molecule has 1 aromatic carbocycles. The molecule has 0 amide bonds. The molecule has 0 spiro atoms. The first-order valence-electron chi connectivity index (χ1n) is 13.1. The van der Waals surface area contributed by atoms with E-state index in [2.05, 4.69) is 16.4 Å². The van der Waals surface area contributed by atoms with Gasteiger partial charge in [0, 0.05) is 46.4 Å². The maximum Gasteiger partial charge on any atom is 0.340 e. The lowest BCUT2D eigenvalue weighted by Gasteiger charge is -2.23. The van der Waals surface area contributed by atoms with Crippen LogP contribution < -0.4 is 10.9 Å². The summed E-state index contributed by atoms with van der Waals surface area (Å²) >= 11 is 0. The Morgan fingerprint density at radius 3 is 2.58 bits per heavy atom. The Hall–Kier alpha value is -4.00. The Morgan fingerprint density at radius 2 is 1.87 bits per heavy atom. The third-order valence-corrected chi connectivity index (χ3v) is 6.75. The molecular formula is C31H34N4O3. The van der Waals surface area contributed by atoms with Crippen molar-refractivity contribution in [2.24, 2.45) is 0 Å². The monoisotopic (exact) mass is 510 g/mol. The topological polar surface area (TPSA) is 85.6 Å². The first-order valence-corrected chi connectivity index (χ1v) is 13.1. The summed E-state index contributed by atoms with van der Waals surface area (Å²) in [6, 6.07) is 13.1. The van der Waals surface area contributed by atoms with Crippen LogP contribution in [0.5, 0.6) is 0 Å². The first-order chi connectivity index (χ1) is 18.0. The number of para-hydroxylation sites is 1. The molecule has 1 aliphatic rings. The summed E-state index contributed by atoms with van der Waals surface area (Å²) in [6.45, 7) is 11.3. The van der Waals surface area contributed by atoms with Crippen LogP contribution in [0.4, 0.5) is 5.69 Å². The summed E-state index contributed by atoms with van der Waals surface area (Å²) in [6.07, 6.45) is 5.94. The van der Waals surface area contributed by atoms with Gasteiger partial charge in [0.2, 0.25) is 0 Å². The molecule has 4 aromatic rings. The lowest BCUT2D eigenvalue weighted by Crippen LogP contribution is -2.25. The van der Waals surface area contributed by atoms with Gasteiger partial charge in [0.1, 0.15) is 11.2 Å². The summed E-state index contributed by atoms with van der Waals surface area (Å²) in [5.74, 6) is 0.114. The fourth-order valence-electron chi connectivity index (χ4n) is 4.72. The van der Waals surface area contributed by atoms with E-state index in [-0.39, 0.29) is 11.6 Å². The largest absolute Gasteiger partial charge is 0.456 e. The van der Waals surface area contributed by atoms with Crippen LogP contribution in [0.2, 0.25) is 0 Å². The number of hydrogen-bond acceptors (Lipinski definition) is 6. The highest BCUT2D eigenvalue weighted by molar-refractivity contribution is 5.96. The summed E-state index contributed by atoms with van der Waals surface area (Å²) < 4.78 is 7.25. The standard InChI is InChI=1S/C31H34N4O3/c1-18-15-24(20(3)33-25-10-8-7-9-23(25)30(37)38-31(4,5)6)28-34-27(19(2)29(36)35(28)17-18)22-13-14-32-26(16-22)21-11-12-21/h7-10,13-17,20-21,33H,11-12H2,1-6H3/t20-/m1/s1. The number of carbonyl (C=O) groups excluding carboxylic acids is 1. The van der Waals surface area contributed by atoms with E-state index in [4.69, 9.17) is 9.72 Å². The number of ether oxygens (including phenoxy) is 1. The smallest absolute Gasteiger partial charge is 0.340 e. The molecule has 1 saturated carbocycles. The molecule has 196 valence electrons. The van der Waals surface area contributed by atoms with Gasteiger partial charge >= 0.3 is 5.97 Å². The lowest BCUT2D eigenvalue weighted by molar-refractivity contribution is 0.00706. The molecule has 5 rings (SSSR count). The van der Waals surface area contributed by atoms with Crippen LogP contribution in [0.1, 0.15) is 85.2 Å². The van der Waals surface area contributed by atoms with Crippen molar-refractivity contribution in [3.8, 4) is 11.3 Å². The molecule has 1 atom stereocenters. The number of aromatic nitrogens is 3. The van der Waals surface area contributed by atoms with Gasteiger partial charge in [-0.05, 0) is 90.3 Å². The SMILES string of the molecule is Cc1cc([C@@H](C)Nc2ccccc2C(=O)OC(C)(C)C)c2nc(-c3ccnc(C4CC4)c3)c(C)c(=O)n2c1. The van der Waals surface area contributed by atoms with Crippen LogP contribution in [0, 0.1) is 13.8 Å². The molecule has 3 heterocycles. The minimum atomic E-state index is -0.603. The molecule has 3 aromatic heterocycles. The number of benzene rings is 1. The summed E-state index contributed by atoms with van der Waals surface area (Å²) in [7, 11) is 0. The number of fused-ring (bicyclic) bond motifs is 1. The number of aryl methyl sites for hydroxylation is 1. The third-order valence-electron chi connectivity index (χ3n) is 6.75. The zero-order valence-electron chi connectivity index (χ0n) is 22.8. The highest BCUT2D eigenvalue weighted by Crippen LogP contribution is 2.40. The number of esters is 1. The molecule has 0 saturated heterocycles. The zero-order chi connectivity index (χ0) is 27.2. The van der Waals surface area contributed by atoms with Crippen LogP contribution in [0.25, 0.3) is 16.9 Å². The number of anilines is 1. The minimum absolute atomic E-state index is 0.0962. The fourth-order valence-corrected chi connectivity index (χ4v) is 4.72. The molecule has 1 N–H and O–H groups in total. The van der Waals surface area contributed by atoms with Crippen LogP contribution in [-0.4, -0.2) is 25.9 Å². The van der Waals surface area contributed by atoms with E-state index in [9.17, 15) is 9.59 Å². The normalized spacial score (nSPS) is 14.4. The molecule has 0 unspecified atom stereocenters. The van der Waals surface area contributed by atoms with Crippen LogP contribution in [0.3, 0.4) is 0 Å². The van der Waals surface area contributed by atoms with Gasteiger partial charge in [-0.1, -0.05) is 12.1 Å². The van der Waals surface area contributed by atoms with Crippen molar-refractivity contribution >= 4 is 17.3 Å². The second-order valence-corrected chi connectivity index (χ2v) is 11.2. The molecule has 1 aliphatic carbocycles. The van der Waals surface area contributed by atoms with Gasteiger partial charge < -0.3 is 10.1 Å². The Labute approximate surface area is 222 Å². The average Bonchev–Trinajstić information content (AvgIpc) is 3.71. The number of carbonyl (C=O) groups is 1. The van der Waals surface area contributed by atoms with Crippen LogP contribution in [0.15, 0.2) is 59.7 Å². The summed E-state index contributed by atoms with van der Waals surface area (Å²) in [5.41, 5.74) is 6.04. The number of nitrogens with zero attached hydrogens (tertiary/aromatic N) is 3. The van der Waals surface area contributed by atoms with Gasteiger partial charge in [-0.25, -0.2) is 9.78 Å². The molecule has 0 aliphatic heterocycles. The zero-order valence-corrected chi connectivity index (χ0v) is 22.8. The summed E-state index contributed by atoms with van der Waals surface area (Å²) in [4.78, 5) is 36.0. The Morgan fingerprint density at radius 1 is 1.13 bits per heavy atom. The van der Waals surface area contributed by atoms with Gasteiger partial charge in [0.15, 0.2) is 0 Å². The molecular weight excluding hydrogens is 476 g/mol. The Balaban J connectivity index is 1.58. The van der Waals surface area contributed by atoms with Crippen molar-refractivity contribution in [2.45, 2.75) is 71.9 Å². The number of pyridine rings is 2. The number of rotatable bonds is 6. The van der Waals surface area contributed by atoms with Gasteiger partial charge in [-0.2, -0.15) is 0 Å². The second kappa shape index (κ2) is 9.71. The van der Waals surface area contributed by atoms with E-state index in [1.54, 1.807) is 16.7 Å². The molecule has 38 heavy (non-hydrogen) atoms. The van der Waals surface area contributed by atoms with E-state index < -0.39 is 11.6 Å². The van der Waals surface area contributed by atoms with Gasteiger partial charge in [-0.15, -0.1) is 0 Å². The van der Waals surface area contributed by atoms with Crippen molar-refractivity contribution in [3.05, 3.63) is 93.2 Å². The molecule has 0 radical (unpaired) electrons. The highest BCUT2D eigenvalue weighted by atomic mass is 16.6. The molecule has 7 heteroatoms. The van der Waals surface area contributed by atoms with Gasteiger partial charge in [0.25, 0.3) is 5.56 Å². The van der Waals surface area contributed by atoms with E-state index in [0.717, 1.165) is 35.2 Å².